The number of hydrogen-bond acceptors (Lipinski definition) is 4. The van der Waals surface area contributed by atoms with Crippen LogP contribution >= 0.6 is 0 Å². The molecular weight excluding hydrogens is 353 g/mol. The highest BCUT2D eigenvalue weighted by molar-refractivity contribution is 5.78. The van der Waals surface area contributed by atoms with Crippen molar-refractivity contribution in [2.24, 2.45) is 0 Å². The number of morpholine rings is 1. The molecule has 144 valence electrons. The molecule has 1 aliphatic heterocycles. The maximum absolute atomic E-state index is 14.2. The number of rotatable bonds is 6. The number of carbonyl (C=O) groups excluding carboxylic acids is 2. The van der Waals surface area contributed by atoms with Crippen molar-refractivity contribution in [1.29, 1.82) is 0 Å². The third kappa shape index (κ3) is 5.27. The number of aromatic nitrogens is 2. The summed E-state index contributed by atoms with van der Waals surface area (Å²) in [5.74, 6) is -0.403. The number of benzene rings is 1. The molecule has 2 heterocycles. The first-order chi connectivity index (χ1) is 13.1. The van der Waals surface area contributed by atoms with Crippen molar-refractivity contribution in [2.45, 2.75) is 13.0 Å². The normalized spacial score (nSPS) is 14.0. The minimum atomic E-state index is -0.399. The molecule has 3 amide bonds. The first-order valence-corrected chi connectivity index (χ1v) is 8.77. The van der Waals surface area contributed by atoms with Crippen molar-refractivity contribution < 1.29 is 18.7 Å². The van der Waals surface area contributed by atoms with Crippen molar-refractivity contribution in [3.63, 3.8) is 0 Å². The molecule has 2 aromatic rings. The summed E-state index contributed by atoms with van der Waals surface area (Å²) in [6, 6.07) is 4.34. The van der Waals surface area contributed by atoms with Crippen LogP contribution in [0.3, 0.4) is 0 Å². The van der Waals surface area contributed by atoms with Crippen LogP contribution in [0.15, 0.2) is 36.9 Å². The van der Waals surface area contributed by atoms with Gasteiger partial charge in [0.15, 0.2) is 0 Å². The van der Waals surface area contributed by atoms with Crippen LogP contribution in [0.5, 0.6) is 0 Å². The van der Waals surface area contributed by atoms with Gasteiger partial charge in [-0.05, 0) is 17.7 Å². The van der Waals surface area contributed by atoms with Crippen LogP contribution in [0, 0.1) is 5.82 Å². The number of hydrogen-bond donors (Lipinski definition) is 2. The molecule has 2 N–H and O–H groups in total. The first kappa shape index (κ1) is 18.8. The van der Waals surface area contributed by atoms with E-state index in [0.29, 0.717) is 37.6 Å². The number of nitrogens with one attached hydrogen (secondary N) is 2. The molecule has 0 bridgehead atoms. The average Bonchev–Trinajstić information content (AvgIpc) is 3.21. The molecule has 1 aromatic carbocycles. The summed E-state index contributed by atoms with van der Waals surface area (Å²) in [5, 5.41) is 5.29. The Labute approximate surface area is 156 Å². The van der Waals surface area contributed by atoms with Gasteiger partial charge in [-0.3, -0.25) is 4.79 Å². The van der Waals surface area contributed by atoms with Gasteiger partial charge in [-0.15, -0.1) is 0 Å². The van der Waals surface area contributed by atoms with Crippen LogP contribution in [0.25, 0.3) is 5.69 Å². The van der Waals surface area contributed by atoms with E-state index in [9.17, 15) is 14.0 Å². The molecule has 0 unspecified atom stereocenters. The maximum Gasteiger partial charge on any atom is 0.315 e. The molecule has 0 aliphatic carbocycles. The van der Waals surface area contributed by atoms with Gasteiger partial charge in [0, 0.05) is 45.0 Å². The van der Waals surface area contributed by atoms with Crippen molar-refractivity contribution in [2.75, 3.05) is 32.8 Å². The Morgan fingerprint density at radius 1 is 1.22 bits per heavy atom. The lowest BCUT2D eigenvalue weighted by atomic mass is 10.2. The van der Waals surface area contributed by atoms with Gasteiger partial charge in [0.05, 0.1) is 25.2 Å². The smallest absolute Gasteiger partial charge is 0.315 e. The van der Waals surface area contributed by atoms with E-state index in [-0.39, 0.29) is 25.4 Å². The van der Waals surface area contributed by atoms with Gasteiger partial charge in [-0.1, -0.05) is 6.07 Å². The third-order valence-corrected chi connectivity index (χ3v) is 4.24. The summed E-state index contributed by atoms with van der Waals surface area (Å²) in [7, 11) is 0. The lowest BCUT2D eigenvalue weighted by Gasteiger charge is -2.26. The highest BCUT2D eigenvalue weighted by Gasteiger charge is 2.16. The number of ether oxygens (including phenoxy) is 1. The molecular formula is C18H22FN5O3. The minimum absolute atomic E-state index is 0.00392. The van der Waals surface area contributed by atoms with Crippen molar-refractivity contribution in [3.05, 3.63) is 48.3 Å². The monoisotopic (exact) mass is 375 g/mol. The Morgan fingerprint density at radius 3 is 2.74 bits per heavy atom. The summed E-state index contributed by atoms with van der Waals surface area (Å²) in [6.45, 7) is 2.71. The van der Waals surface area contributed by atoms with E-state index in [2.05, 4.69) is 15.6 Å². The summed E-state index contributed by atoms with van der Waals surface area (Å²) in [6.07, 6.45) is 4.98. The fraction of sp³-hybridized carbons (Fsp3) is 0.389. The highest BCUT2D eigenvalue weighted by atomic mass is 19.1. The zero-order valence-corrected chi connectivity index (χ0v) is 14.9. The second-order valence-corrected chi connectivity index (χ2v) is 6.11. The van der Waals surface area contributed by atoms with E-state index in [1.807, 2.05) is 0 Å². The molecule has 0 spiro atoms. The minimum Gasteiger partial charge on any atom is -0.378 e. The van der Waals surface area contributed by atoms with E-state index < -0.39 is 11.8 Å². The number of halogens is 1. The Bertz CT molecular complexity index is 775. The van der Waals surface area contributed by atoms with E-state index in [4.69, 9.17) is 4.74 Å². The van der Waals surface area contributed by atoms with Crippen LogP contribution in [0.4, 0.5) is 9.18 Å². The van der Waals surface area contributed by atoms with Crippen LogP contribution in [-0.2, 0) is 16.1 Å². The SMILES string of the molecule is O=C(NCCC(=O)N1CCOCC1)NCc1ccc(-n2ccnc2)c(F)c1. The van der Waals surface area contributed by atoms with Gasteiger partial charge < -0.3 is 24.8 Å². The van der Waals surface area contributed by atoms with Gasteiger partial charge in [0.25, 0.3) is 0 Å². The Morgan fingerprint density at radius 2 is 2.04 bits per heavy atom. The number of amides is 3. The van der Waals surface area contributed by atoms with Gasteiger partial charge >= 0.3 is 6.03 Å². The Kier molecular flexibility index (Phi) is 6.37. The van der Waals surface area contributed by atoms with Crippen LogP contribution < -0.4 is 10.6 Å². The van der Waals surface area contributed by atoms with Gasteiger partial charge in [-0.25, -0.2) is 14.2 Å². The number of imidazole rings is 1. The quantitative estimate of drug-likeness (QED) is 0.790. The zero-order chi connectivity index (χ0) is 19.1. The number of carbonyl (C=O) groups is 2. The summed E-state index contributed by atoms with van der Waals surface area (Å²) in [4.78, 5) is 29.4. The molecule has 0 saturated carbocycles. The fourth-order valence-corrected chi connectivity index (χ4v) is 2.77. The Balaban J connectivity index is 1.40. The molecule has 0 radical (unpaired) electrons. The average molecular weight is 375 g/mol. The molecule has 1 aromatic heterocycles. The molecule has 8 nitrogen and oxygen atoms in total. The largest absolute Gasteiger partial charge is 0.378 e. The number of nitrogens with zero attached hydrogens (tertiary/aromatic N) is 3. The molecule has 3 rings (SSSR count). The topological polar surface area (TPSA) is 88.5 Å². The van der Waals surface area contributed by atoms with E-state index in [1.54, 1.807) is 34.0 Å². The number of urea groups is 1. The second-order valence-electron chi connectivity index (χ2n) is 6.11. The van der Waals surface area contributed by atoms with Crippen molar-refractivity contribution >= 4 is 11.9 Å². The van der Waals surface area contributed by atoms with E-state index >= 15 is 0 Å². The van der Waals surface area contributed by atoms with Gasteiger partial charge in [-0.2, -0.15) is 0 Å². The molecule has 27 heavy (non-hydrogen) atoms. The van der Waals surface area contributed by atoms with Gasteiger partial charge in [0.2, 0.25) is 5.91 Å². The molecule has 1 aliphatic rings. The highest BCUT2D eigenvalue weighted by Crippen LogP contribution is 2.14. The summed E-state index contributed by atoms with van der Waals surface area (Å²) < 4.78 is 21.0. The third-order valence-electron chi connectivity index (χ3n) is 4.24. The van der Waals surface area contributed by atoms with E-state index in [1.165, 1.54) is 12.4 Å². The van der Waals surface area contributed by atoms with Crippen LogP contribution in [0.1, 0.15) is 12.0 Å². The zero-order valence-electron chi connectivity index (χ0n) is 14.9. The Hall–Kier alpha value is -2.94. The maximum atomic E-state index is 14.2. The lowest BCUT2D eigenvalue weighted by molar-refractivity contribution is -0.135. The van der Waals surface area contributed by atoms with Gasteiger partial charge in [0.1, 0.15) is 5.82 Å². The molecule has 1 saturated heterocycles. The summed E-state index contributed by atoms with van der Waals surface area (Å²) >= 11 is 0. The second kappa shape index (κ2) is 9.13. The summed E-state index contributed by atoms with van der Waals surface area (Å²) in [5.41, 5.74) is 1.03. The fourth-order valence-electron chi connectivity index (χ4n) is 2.77. The van der Waals surface area contributed by atoms with E-state index in [0.717, 1.165) is 0 Å². The van der Waals surface area contributed by atoms with Crippen LogP contribution in [-0.4, -0.2) is 59.2 Å². The first-order valence-electron chi connectivity index (χ1n) is 8.77. The van der Waals surface area contributed by atoms with Crippen molar-refractivity contribution in [3.8, 4) is 5.69 Å². The van der Waals surface area contributed by atoms with Crippen LogP contribution in [0.2, 0.25) is 0 Å². The standard InChI is InChI=1S/C18H22FN5O3/c19-15-11-14(1-2-16(15)24-6-5-20-13-24)12-22-18(26)21-4-3-17(25)23-7-9-27-10-8-23/h1-2,5-6,11,13H,3-4,7-10,12H2,(H2,21,22,26). The lowest BCUT2D eigenvalue weighted by Crippen LogP contribution is -2.43. The molecule has 0 atom stereocenters. The predicted molar refractivity (Wildman–Crippen MR) is 95.8 cm³/mol. The molecule has 9 heteroatoms. The molecule has 1 fully saturated rings. The van der Waals surface area contributed by atoms with Crippen molar-refractivity contribution in [1.82, 2.24) is 25.1 Å². The predicted octanol–water partition coefficient (Wildman–Crippen LogP) is 1.06.